The molecule has 188 valence electrons. The number of oxazole rings is 1. The van der Waals surface area contributed by atoms with Crippen molar-refractivity contribution in [2.45, 2.75) is 6.92 Å². The number of ether oxygens (including phenoxy) is 1. The number of aromatic nitrogens is 1. The van der Waals surface area contributed by atoms with Gasteiger partial charge in [0, 0.05) is 36.0 Å². The number of amides is 1. The van der Waals surface area contributed by atoms with Crippen molar-refractivity contribution in [1.82, 2.24) is 10.3 Å². The molecule has 0 aliphatic carbocycles. The highest BCUT2D eigenvalue weighted by atomic mass is 32.1. The van der Waals surface area contributed by atoms with Crippen molar-refractivity contribution in [2.75, 3.05) is 36.5 Å². The van der Waals surface area contributed by atoms with E-state index in [0.29, 0.717) is 54.7 Å². The predicted molar refractivity (Wildman–Crippen MR) is 144 cm³/mol. The summed E-state index contributed by atoms with van der Waals surface area (Å²) >= 11 is 5.30. The number of fused-ring (bicyclic) bond motifs is 1. The average molecular weight is 518 g/mol. The standard InChI is InChI=1S/C26H23N5O5S/c1-16-2-4-17(5-3-16)25-28-20-15-19(7-9-23(20)36-25)27-26(37)29-24(32)18-6-8-21(22(14-18)31(33)34)30-10-12-35-13-11-30/h2-9,14-15H,10-13H2,1H3,(H2,27,29,32,37). The third-order valence-electron chi connectivity index (χ3n) is 5.96. The number of nitrogens with zero attached hydrogens (tertiary/aromatic N) is 3. The van der Waals surface area contributed by atoms with E-state index in [4.69, 9.17) is 21.4 Å². The van der Waals surface area contributed by atoms with Crippen molar-refractivity contribution in [2.24, 2.45) is 0 Å². The average Bonchev–Trinajstić information content (AvgIpc) is 3.32. The lowest BCUT2D eigenvalue weighted by Crippen LogP contribution is -2.37. The summed E-state index contributed by atoms with van der Waals surface area (Å²) in [6, 6.07) is 17.5. The molecule has 0 radical (unpaired) electrons. The lowest BCUT2D eigenvalue weighted by molar-refractivity contribution is -0.384. The van der Waals surface area contributed by atoms with E-state index < -0.39 is 10.8 Å². The number of hydrogen-bond donors (Lipinski definition) is 2. The van der Waals surface area contributed by atoms with Gasteiger partial charge in [-0.05, 0) is 61.6 Å². The van der Waals surface area contributed by atoms with Gasteiger partial charge in [-0.25, -0.2) is 4.98 Å². The summed E-state index contributed by atoms with van der Waals surface area (Å²) in [7, 11) is 0. The Bertz CT molecular complexity index is 1500. The first-order valence-electron chi connectivity index (χ1n) is 11.6. The van der Waals surface area contributed by atoms with Crippen LogP contribution in [0, 0.1) is 17.0 Å². The Kier molecular flexibility index (Phi) is 6.80. The molecule has 10 nitrogen and oxygen atoms in total. The van der Waals surface area contributed by atoms with Gasteiger partial charge in [0.1, 0.15) is 11.2 Å². The van der Waals surface area contributed by atoms with E-state index in [1.807, 2.05) is 36.1 Å². The van der Waals surface area contributed by atoms with Crippen LogP contribution in [-0.2, 0) is 4.74 Å². The third kappa shape index (κ3) is 5.42. The van der Waals surface area contributed by atoms with Crippen LogP contribution in [-0.4, -0.2) is 47.2 Å². The van der Waals surface area contributed by atoms with Gasteiger partial charge in [-0.2, -0.15) is 0 Å². The minimum atomic E-state index is -0.557. The Morgan fingerprint density at radius 1 is 1.08 bits per heavy atom. The summed E-state index contributed by atoms with van der Waals surface area (Å²) in [6.07, 6.45) is 0. The van der Waals surface area contributed by atoms with Gasteiger partial charge in [-0.3, -0.25) is 20.2 Å². The Hall–Kier alpha value is -4.35. The van der Waals surface area contributed by atoms with Crippen LogP contribution in [0.4, 0.5) is 17.1 Å². The number of nitro groups is 1. The maximum atomic E-state index is 12.8. The Morgan fingerprint density at radius 3 is 2.57 bits per heavy atom. The van der Waals surface area contributed by atoms with Gasteiger partial charge >= 0.3 is 0 Å². The van der Waals surface area contributed by atoms with Crippen LogP contribution in [0.15, 0.2) is 65.1 Å². The molecule has 0 atom stereocenters. The number of morpholine rings is 1. The Labute approximate surface area is 217 Å². The number of thiocarbonyl (C=S) groups is 1. The molecule has 0 unspecified atom stereocenters. The van der Waals surface area contributed by atoms with Gasteiger partial charge < -0.3 is 19.4 Å². The fourth-order valence-electron chi connectivity index (χ4n) is 4.04. The van der Waals surface area contributed by atoms with Crippen molar-refractivity contribution in [3.8, 4) is 11.5 Å². The first-order valence-corrected chi connectivity index (χ1v) is 12.0. The number of hydrogen-bond acceptors (Lipinski definition) is 8. The number of rotatable bonds is 5. The van der Waals surface area contributed by atoms with Gasteiger partial charge in [0.05, 0.1) is 18.1 Å². The minimum Gasteiger partial charge on any atom is -0.436 e. The highest BCUT2D eigenvalue weighted by molar-refractivity contribution is 7.80. The highest BCUT2D eigenvalue weighted by Gasteiger charge is 2.23. The lowest BCUT2D eigenvalue weighted by Gasteiger charge is -2.28. The Morgan fingerprint density at radius 2 is 1.84 bits per heavy atom. The smallest absolute Gasteiger partial charge is 0.293 e. The zero-order valence-electron chi connectivity index (χ0n) is 19.9. The van der Waals surface area contributed by atoms with Crippen LogP contribution in [0.5, 0.6) is 0 Å². The number of carbonyl (C=O) groups excluding carboxylic acids is 1. The molecular formula is C26H23N5O5S. The predicted octanol–water partition coefficient (Wildman–Crippen LogP) is 4.67. The first kappa shape index (κ1) is 24.3. The van der Waals surface area contributed by atoms with E-state index in [9.17, 15) is 14.9 Å². The van der Waals surface area contributed by atoms with Crippen LogP contribution >= 0.6 is 12.2 Å². The van der Waals surface area contributed by atoms with Gasteiger partial charge in [0.25, 0.3) is 11.6 Å². The summed E-state index contributed by atoms with van der Waals surface area (Å²) in [5.74, 6) is -0.0524. The summed E-state index contributed by atoms with van der Waals surface area (Å²) in [5, 5.41) is 17.3. The molecule has 37 heavy (non-hydrogen) atoms. The third-order valence-corrected chi connectivity index (χ3v) is 6.16. The summed E-state index contributed by atoms with van der Waals surface area (Å²) in [5.41, 5.74) is 4.30. The van der Waals surface area contributed by atoms with E-state index in [-0.39, 0.29) is 16.4 Å². The molecule has 0 saturated carbocycles. The van der Waals surface area contributed by atoms with Crippen LogP contribution < -0.4 is 15.5 Å². The topological polar surface area (TPSA) is 123 Å². The zero-order valence-corrected chi connectivity index (χ0v) is 20.7. The molecule has 3 aromatic carbocycles. The van der Waals surface area contributed by atoms with E-state index in [2.05, 4.69) is 15.6 Å². The minimum absolute atomic E-state index is 0.0477. The monoisotopic (exact) mass is 517 g/mol. The van der Waals surface area contributed by atoms with E-state index >= 15 is 0 Å². The molecule has 11 heteroatoms. The normalized spacial score (nSPS) is 13.4. The van der Waals surface area contributed by atoms with Gasteiger partial charge in [-0.15, -0.1) is 0 Å². The van der Waals surface area contributed by atoms with Crippen molar-refractivity contribution in [3.05, 3.63) is 81.9 Å². The van der Waals surface area contributed by atoms with Crippen LogP contribution in [0.1, 0.15) is 15.9 Å². The molecule has 5 rings (SSSR count). The second-order valence-corrected chi connectivity index (χ2v) is 8.94. The molecule has 1 aliphatic rings. The van der Waals surface area contributed by atoms with Crippen LogP contribution in [0.25, 0.3) is 22.6 Å². The van der Waals surface area contributed by atoms with Crippen LogP contribution in [0.3, 0.4) is 0 Å². The molecular weight excluding hydrogens is 494 g/mol. The van der Waals surface area contributed by atoms with Crippen molar-refractivity contribution in [1.29, 1.82) is 0 Å². The largest absolute Gasteiger partial charge is 0.436 e. The molecule has 4 aromatic rings. The Balaban J connectivity index is 1.28. The molecule has 1 amide bonds. The maximum absolute atomic E-state index is 12.8. The summed E-state index contributed by atoms with van der Waals surface area (Å²) < 4.78 is 11.2. The van der Waals surface area contributed by atoms with Crippen molar-refractivity contribution in [3.63, 3.8) is 0 Å². The maximum Gasteiger partial charge on any atom is 0.293 e. The van der Waals surface area contributed by atoms with Crippen molar-refractivity contribution < 1.29 is 18.9 Å². The second kappa shape index (κ2) is 10.3. The van der Waals surface area contributed by atoms with Crippen LogP contribution in [0.2, 0.25) is 0 Å². The molecule has 2 N–H and O–H groups in total. The summed E-state index contributed by atoms with van der Waals surface area (Å²) in [4.78, 5) is 30.4. The highest BCUT2D eigenvalue weighted by Crippen LogP contribution is 2.30. The molecule has 0 bridgehead atoms. The van der Waals surface area contributed by atoms with Crippen molar-refractivity contribution >= 4 is 51.4 Å². The number of nitrogens with one attached hydrogen (secondary N) is 2. The lowest BCUT2D eigenvalue weighted by atomic mass is 10.1. The summed E-state index contributed by atoms with van der Waals surface area (Å²) in [6.45, 7) is 4.09. The second-order valence-electron chi connectivity index (χ2n) is 8.54. The SMILES string of the molecule is Cc1ccc(-c2nc3cc(NC(=S)NC(=O)c4ccc(N5CCOCC5)c([N+](=O)[O-])c4)ccc3o2)cc1. The number of nitro benzene ring substituents is 1. The molecule has 1 fully saturated rings. The van der Waals surface area contributed by atoms with Gasteiger partial charge in [-0.1, -0.05) is 17.7 Å². The van der Waals surface area contributed by atoms with Gasteiger partial charge in [0.15, 0.2) is 10.7 Å². The van der Waals surface area contributed by atoms with Gasteiger partial charge in [0.2, 0.25) is 5.89 Å². The quantitative estimate of drug-likeness (QED) is 0.221. The fraction of sp³-hybridized carbons (Fsp3) is 0.192. The molecule has 2 heterocycles. The molecule has 1 aliphatic heterocycles. The zero-order chi connectivity index (χ0) is 25.9. The molecule has 1 saturated heterocycles. The molecule has 1 aromatic heterocycles. The number of benzene rings is 3. The van der Waals surface area contributed by atoms with E-state index in [1.54, 1.807) is 30.3 Å². The van der Waals surface area contributed by atoms with E-state index in [0.717, 1.165) is 11.1 Å². The fourth-order valence-corrected chi connectivity index (χ4v) is 4.26. The number of aryl methyl sites for hydroxylation is 1. The first-order chi connectivity index (χ1) is 17.9. The van der Waals surface area contributed by atoms with E-state index in [1.165, 1.54) is 6.07 Å². The number of anilines is 2. The number of carbonyl (C=O) groups is 1. The molecule has 0 spiro atoms.